The first-order chi connectivity index (χ1) is 36.1. The molecule has 426 valence electrons. The zero-order valence-electron chi connectivity index (χ0n) is 46.4. The van der Waals surface area contributed by atoms with Crippen molar-refractivity contribution in [2.45, 2.75) is 198 Å². The van der Waals surface area contributed by atoms with Gasteiger partial charge in [0.25, 0.3) is 0 Å². The van der Waals surface area contributed by atoms with Crippen LogP contribution in [-0.4, -0.2) is 153 Å². The highest BCUT2D eigenvalue weighted by Crippen LogP contribution is 2.57. The molecule has 1 saturated heterocycles. The summed E-state index contributed by atoms with van der Waals surface area (Å²) in [6, 6.07) is 1.85. The number of nitrogens with one attached hydrogen (secondary N) is 6. The molecule has 0 unspecified atom stereocenters. The topological polar surface area (TPSA) is 225 Å². The van der Waals surface area contributed by atoms with Crippen LogP contribution in [0.2, 0.25) is 0 Å². The fraction of sp³-hybridized carbons (Fsp3) is 0.750. The van der Waals surface area contributed by atoms with Gasteiger partial charge in [0.1, 0.15) is 41.7 Å². The standard InChI is InChI=1S/C56H89F3N10O7/c1-8-19-42-48(70)61-30-15-12-24-43(62-49(71)44(25-13-16-31-67(4)5)63-51(73)45(26-14-17-32-68(6)7)66-54(76)55(28-29-55)56(57,58)59)50(72)65-46(34-38(2)3)53(75)69(33-27-39-20-10-9-11-21-39)47(52(74)64-42)36-40-22-18-23-41(35-40)37-60/h18,22-23,35,38-39,42-47H,8-17,19-21,24-34,36H2,1-7H3,(H,61,70)(H,62,71)(H,63,73)(H,64,74)(H,65,72)(H,66,76)/t42-,43+,44+,45+,46+,47+/m1/s1. The Morgan fingerprint density at radius 3 is 2.00 bits per heavy atom. The maximum Gasteiger partial charge on any atom is 0.403 e. The lowest BCUT2D eigenvalue weighted by Crippen LogP contribution is -2.61. The quantitative estimate of drug-likeness (QED) is 0.0661. The van der Waals surface area contributed by atoms with Crippen molar-refractivity contribution in [3.63, 3.8) is 0 Å². The molecule has 1 aliphatic heterocycles. The van der Waals surface area contributed by atoms with Gasteiger partial charge in [-0.1, -0.05) is 71.4 Å². The third kappa shape index (κ3) is 20.3. The molecule has 2 aliphatic carbocycles. The van der Waals surface area contributed by atoms with Crippen molar-refractivity contribution in [1.82, 2.24) is 46.6 Å². The lowest BCUT2D eigenvalue weighted by Gasteiger charge is -2.37. The van der Waals surface area contributed by atoms with E-state index in [1.807, 2.05) is 58.8 Å². The number of carbonyl (C=O) groups is 7. The van der Waals surface area contributed by atoms with Crippen LogP contribution >= 0.6 is 0 Å². The van der Waals surface area contributed by atoms with Gasteiger partial charge in [0, 0.05) is 19.5 Å². The van der Waals surface area contributed by atoms with Gasteiger partial charge in [-0.2, -0.15) is 18.4 Å². The third-order valence-electron chi connectivity index (χ3n) is 15.0. The molecule has 17 nitrogen and oxygen atoms in total. The second-order valence-corrected chi connectivity index (χ2v) is 22.5. The smallest absolute Gasteiger partial charge is 0.354 e. The number of nitriles is 1. The molecule has 3 fully saturated rings. The number of rotatable bonds is 25. The number of amides is 7. The molecular formula is C56H89F3N10O7. The lowest BCUT2D eigenvalue weighted by atomic mass is 9.86. The number of nitrogens with zero attached hydrogens (tertiary/aromatic N) is 4. The molecule has 0 spiro atoms. The summed E-state index contributed by atoms with van der Waals surface area (Å²) in [5.74, 6) is -4.79. The molecule has 1 heterocycles. The monoisotopic (exact) mass is 1070 g/mol. The molecule has 6 atom stereocenters. The van der Waals surface area contributed by atoms with Gasteiger partial charge in [0.05, 0.1) is 11.6 Å². The summed E-state index contributed by atoms with van der Waals surface area (Å²) in [6.45, 7) is 7.38. The fourth-order valence-electron chi connectivity index (χ4n) is 10.3. The van der Waals surface area contributed by atoms with E-state index in [0.717, 1.165) is 32.1 Å². The van der Waals surface area contributed by atoms with E-state index in [4.69, 9.17) is 0 Å². The average molecular weight is 1070 g/mol. The van der Waals surface area contributed by atoms with Crippen molar-refractivity contribution >= 4 is 41.4 Å². The van der Waals surface area contributed by atoms with Crippen LogP contribution < -0.4 is 31.9 Å². The van der Waals surface area contributed by atoms with Crippen LogP contribution in [0.25, 0.3) is 0 Å². The summed E-state index contributed by atoms with van der Waals surface area (Å²) in [4.78, 5) is 107. The van der Waals surface area contributed by atoms with Crippen molar-refractivity contribution in [2.24, 2.45) is 17.3 Å². The van der Waals surface area contributed by atoms with Gasteiger partial charge in [-0.25, -0.2) is 0 Å². The molecule has 0 bridgehead atoms. The highest BCUT2D eigenvalue weighted by Gasteiger charge is 2.68. The first kappa shape index (κ1) is 63.2. The Hall–Kier alpha value is -5.29. The van der Waals surface area contributed by atoms with Crippen LogP contribution in [0.4, 0.5) is 13.2 Å². The SMILES string of the molecule is CCC[C@H]1NC(=O)[C@H](Cc2cccc(C#N)c2)N(CCC2CCCCC2)C(=O)[C@H](CC(C)C)NC(=O)[C@@H](NC(=O)[C@H](CCCCN(C)C)NC(=O)[C@H](CCCCN(C)C)NC(=O)C2(C(F)(F)F)CC2)CCCCNC1=O. The van der Waals surface area contributed by atoms with E-state index >= 15 is 4.79 Å². The number of halogens is 3. The highest BCUT2D eigenvalue weighted by atomic mass is 19.4. The zero-order chi connectivity index (χ0) is 56.0. The molecule has 20 heteroatoms. The minimum Gasteiger partial charge on any atom is -0.354 e. The first-order valence-electron chi connectivity index (χ1n) is 28.0. The molecule has 1 aromatic carbocycles. The average Bonchev–Trinajstić information content (AvgIpc) is 4.20. The van der Waals surface area contributed by atoms with Crippen molar-refractivity contribution < 1.29 is 46.7 Å². The van der Waals surface area contributed by atoms with Gasteiger partial charge < -0.3 is 46.6 Å². The number of unbranched alkanes of at least 4 members (excludes halogenated alkanes) is 2. The Labute approximate surface area is 449 Å². The summed E-state index contributed by atoms with van der Waals surface area (Å²) < 4.78 is 42.4. The van der Waals surface area contributed by atoms with Crippen LogP contribution in [0.5, 0.6) is 0 Å². The Morgan fingerprint density at radius 2 is 1.42 bits per heavy atom. The van der Waals surface area contributed by atoms with Crippen molar-refractivity contribution in [2.75, 3.05) is 54.4 Å². The largest absolute Gasteiger partial charge is 0.403 e. The van der Waals surface area contributed by atoms with E-state index in [9.17, 15) is 47.2 Å². The molecule has 2 saturated carbocycles. The summed E-state index contributed by atoms with van der Waals surface area (Å²) in [6.07, 6.45) is 4.20. The molecule has 7 amide bonds. The molecule has 0 aromatic heterocycles. The first-order valence-corrected chi connectivity index (χ1v) is 28.0. The van der Waals surface area contributed by atoms with Gasteiger partial charge in [-0.3, -0.25) is 33.6 Å². The second-order valence-electron chi connectivity index (χ2n) is 22.5. The van der Waals surface area contributed by atoms with Crippen LogP contribution in [0.1, 0.15) is 160 Å². The van der Waals surface area contributed by atoms with E-state index < -0.39 is 89.2 Å². The minimum absolute atomic E-state index is 0.0186. The van der Waals surface area contributed by atoms with E-state index in [2.05, 4.69) is 38.0 Å². The minimum atomic E-state index is -4.81. The highest BCUT2D eigenvalue weighted by molar-refractivity contribution is 5.97. The Kier molecular flexibility index (Phi) is 26.0. The van der Waals surface area contributed by atoms with Crippen molar-refractivity contribution in [1.29, 1.82) is 5.26 Å². The van der Waals surface area contributed by atoms with Crippen molar-refractivity contribution in [3.8, 4) is 6.07 Å². The molecular weight excluding hydrogens is 982 g/mol. The molecule has 76 heavy (non-hydrogen) atoms. The predicted octanol–water partition coefficient (Wildman–Crippen LogP) is 5.64. The molecule has 0 radical (unpaired) electrons. The van der Waals surface area contributed by atoms with Crippen LogP contribution in [-0.2, 0) is 40.0 Å². The fourth-order valence-corrected chi connectivity index (χ4v) is 10.3. The maximum absolute atomic E-state index is 15.4. The van der Waals surface area contributed by atoms with Crippen molar-refractivity contribution in [3.05, 3.63) is 35.4 Å². The number of carbonyl (C=O) groups excluding carboxylic acids is 7. The van der Waals surface area contributed by atoms with Gasteiger partial charge in [-0.15, -0.1) is 0 Å². The molecule has 6 N–H and O–H groups in total. The molecule has 3 aliphatic rings. The van der Waals surface area contributed by atoms with Crippen LogP contribution in [0.3, 0.4) is 0 Å². The van der Waals surface area contributed by atoms with Crippen LogP contribution in [0, 0.1) is 28.6 Å². The number of hydrogen-bond acceptors (Lipinski definition) is 10. The Balaban J connectivity index is 1.73. The van der Waals surface area contributed by atoms with Gasteiger partial charge in [-0.05, 0) is 161 Å². The number of benzene rings is 1. The van der Waals surface area contributed by atoms with E-state index in [0.29, 0.717) is 87.9 Å². The second kappa shape index (κ2) is 31.2. The van der Waals surface area contributed by atoms with Gasteiger partial charge >= 0.3 is 6.18 Å². The normalized spacial score (nSPS) is 22.0. The van der Waals surface area contributed by atoms with Gasteiger partial charge in [0.2, 0.25) is 41.4 Å². The summed E-state index contributed by atoms with van der Waals surface area (Å²) in [5, 5.41) is 26.7. The number of alkyl halides is 3. The summed E-state index contributed by atoms with van der Waals surface area (Å²) in [7, 11) is 7.52. The maximum atomic E-state index is 15.4. The lowest BCUT2D eigenvalue weighted by molar-refractivity contribution is -0.193. The molecule has 1 aromatic rings. The third-order valence-corrected chi connectivity index (χ3v) is 15.0. The Bertz CT molecular complexity index is 2110. The van der Waals surface area contributed by atoms with E-state index in [1.165, 1.54) is 4.90 Å². The van der Waals surface area contributed by atoms with E-state index in [-0.39, 0.29) is 64.0 Å². The number of hydrogen-bond donors (Lipinski definition) is 6. The zero-order valence-corrected chi connectivity index (χ0v) is 46.4. The van der Waals surface area contributed by atoms with Gasteiger partial charge in [0.15, 0.2) is 0 Å². The molecule has 4 rings (SSSR count). The summed E-state index contributed by atoms with van der Waals surface area (Å²) in [5.41, 5.74) is -1.58. The van der Waals surface area contributed by atoms with E-state index in [1.54, 1.807) is 24.3 Å². The summed E-state index contributed by atoms with van der Waals surface area (Å²) >= 11 is 0. The van der Waals surface area contributed by atoms with Crippen LogP contribution in [0.15, 0.2) is 24.3 Å². The predicted molar refractivity (Wildman–Crippen MR) is 285 cm³/mol. The Morgan fingerprint density at radius 1 is 0.803 bits per heavy atom.